The van der Waals surface area contributed by atoms with Gasteiger partial charge in [0.05, 0.1) is 12.0 Å². The van der Waals surface area contributed by atoms with Crippen LogP contribution in [0.1, 0.15) is 5.82 Å². The molecule has 0 radical (unpaired) electrons. The van der Waals surface area contributed by atoms with Crippen molar-refractivity contribution in [2.24, 2.45) is 0 Å². The van der Waals surface area contributed by atoms with Crippen molar-refractivity contribution in [2.45, 2.75) is 11.8 Å². The molecule has 2 rings (SSSR count). The van der Waals surface area contributed by atoms with Gasteiger partial charge < -0.3 is 14.8 Å². The number of rotatable bonds is 4. The molecule has 0 aliphatic heterocycles. The van der Waals surface area contributed by atoms with E-state index in [0.717, 1.165) is 0 Å². The fraction of sp³-hybridized carbons (Fsp3) is 0.167. The first kappa shape index (κ1) is 21.7. The summed E-state index contributed by atoms with van der Waals surface area (Å²) in [6.07, 6.45) is 0. The molecule has 0 saturated carbocycles. The summed E-state index contributed by atoms with van der Waals surface area (Å²) in [5.74, 6) is 0.147. The number of anilines is 1. The Balaban J connectivity index is 0.00000288. The average molecular weight is 487 g/mol. The molecule has 9 nitrogen and oxygen atoms in total. The minimum Gasteiger partial charge on any atom is -0.467 e. The molecular weight excluding hydrogens is 476 g/mol. The van der Waals surface area contributed by atoms with Crippen LogP contribution in [0.3, 0.4) is 0 Å². The van der Waals surface area contributed by atoms with Crippen molar-refractivity contribution in [3.05, 3.63) is 38.4 Å². The molecule has 1 N–H and O–H groups in total. The minimum absolute atomic E-state index is 0. The van der Waals surface area contributed by atoms with Crippen LogP contribution >= 0.6 is 22.6 Å². The van der Waals surface area contributed by atoms with Crippen molar-refractivity contribution in [1.82, 2.24) is 15.0 Å². The van der Waals surface area contributed by atoms with E-state index in [9.17, 15) is 13.2 Å². The van der Waals surface area contributed by atoms with E-state index in [1.165, 1.54) is 13.2 Å². The van der Waals surface area contributed by atoms with E-state index in [-0.39, 0.29) is 68.2 Å². The Kier molecular flexibility index (Phi) is 8.44. The number of nitrogens with zero attached hydrogens (tertiary/aromatic N) is 4. The first-order valence-corrected chi connectivity index (χ1v) is 8.64. The largest absolute Gasteiger partial charge is 1.00 e. The molecule has 0 aliphatic rings. The van der Waals surface area contributed by atoms with Gasteiger partial charge in [-0.1, -0.05) is 12.1 Å². The number of hydrogen-bond acceptors (Lipinski definition) is 7. The Labute approximate surface area is 195 Å². The maximum Gasteiger partial charge on any atom is 1.00 e. The SMILES string of the molecule is COc1nc(C)nc(NC(=O)[N-]S(=O)(=O)c2ccccc2I)n1.[K+]. The number of sulfonamides is 1. The second-order valence-corrected chi connectivity index (χ2v) is 6.85. The molecule has 122 valence electrons. The number of hydrogen-bond donors (Lipinski definition) is 1. The fourth-order valence-corrected chi connectivity index (χ4v) is 3.68. The van der Waals surface area contributed by atoms with Crippen molar-refractivity contribution < 1.29 is 69.3 Å². The van der Waals surface area contributed by atoms with Crippen molar-refractivity contribution in [3.63, 3.8) is 0 Å². The first-order chi connectivity index (χ1) is 10.8. The normalized spacial score (nSPS) is 10.5. The molecule has 0 unspecified atom stereocenters. The zero-order valence-electron chi connectivity index (χ0n) is 13.0. The van der Waals surface area contributed by atoms with Crippen LogP contribution in [-0.4, -0.2) is 36.5 Å². The van der Waals surface area contributed by atoms with Gasteiger partial charge in [0.15, 0.2) is 12.0 Å². The van der Waals surface area contributed by atoms with Crippen LogP contribution in [0.25, 0.3) is 4.72 Å². The number of amides is 2. The number of aryl methyl sites for hydroxylation is 1. The predicted molar refractivity (Wildman–Crippen MR) is 89.8 cm³/mol. The van der Waals surface area contributed by atoms with Gasteiger partial charge in [0.25, 0.3) is 0 Å². The molecular formula is C12H11IKN5O4S. The van der Waals surface area contributed by atoms with E-state index in [2.05, 4.69) is 25.0 Å². The van der Waals surface area contributed by atoms with Gasteiger partial charge in [0.2, 0.25) is 10.0 Å². The zero-order valence-corrected chi connectivity index (χ0v) is 19.1. The third kappa shape index (κ3) is 5.85. The molecule has 0 spiro atoms. The summed E-state index contributed by atoms with van der Waals surface area (Å²) in [5.41, 5.74) is 0. The summed E-state index contributed by atoms with van der Waals surface area (Å²) in [7, 11) is -2.78. The van der Waals surface area contributed by atoms with E-state index < -0.39 is 16.1 Å². The summed E-state index contributed by atoms with van der Waals surface area (Å²) in [6.45, 7) is 1.57. The fourth-order valence-electron chi connectivity index (χ4n) is 1.54. The Hall–Kier alpha value is -0.384. The van der Waals surface area contributed by atoms with Crippen LogP contribution in [0.2, 0.25) is 0 Å². The number of urea groups is 1. The number of carbonyl (C=O) groups excluding carboxylic acids is 1. The zero-order chi connectivity index (χ0) is 17.0. The maximum absolute atomic E-state index is 12.1. The molecule has 0 aliphatic carbocycles. The van der Waals surface area contributed by atoms with Gasteiger partial charge in [-0.3, -0.25) is 4.79 Å². The Morgan fingerprint density at radius 3 is 2.54 bits per heavy atom. The van der Waals surface area contributed by atoms with Gasteiger partial charge in [0.1, 0.15) is 5.82 Å². The monoisotopic (exact) mass is 487 g/mol. The molecule has 1 heterocycles. The summed E-state index contributed by atoms with van der Waals surface area (Å²) < 4.78 is 32.8. The smallest absolute Gasteiger partial charge is 0.467 e. The first-order valence-electron chi connectivity index (χ1n) is 6.12. The number of aromatic nitrogens is 3. The van der Waals surface area contributed by atoms with Gasteiger partial charge in [-0.25, -0.2) is 13.4 Å². The molecule has 0 atom stereocenters. The number of methoxy groups -OCH3 is 1. The molecule has 12 heteroatoms. The predicted octanol–water partition coefficient (Wildman–Crippen LogP) is -0.908. The van der Waals surface area contributed by atoms with Crippen molar-refractivity contribution in [2.75, 3.05) is 12.4 Å². The Morgan fingerprint density at radius 2 is 1.92 bits per heavy atom. The maximum atomic E-state index is 12.1. The number of benzene rings is 1. The number of halogens is 1. The van der Waals surface area contributed by atoms with Crippen LogP contribution in [0.5, 0.6) is 6.01 Å². The molecule has 2 aromatic rings. The summed E-state index contributed by atoms with van der Waals surface area (Å²) in [6, 6.07) is 5.07. The van der Waals surface area contributed by atoms with Gasteiger partial charge in [-0.15, -0.1) is 0 Å². The van der Waals surface area contributed by atoms with E-state index >= 15 is 0 Å². The molecule has 0 bridgehead atoms. The molecule has 2 amide bonds. The third-order valence-electron chi connectivity index (χ3n) is 2.45. The van der Waals surface area contributed by atoms with Crippen LogP contribution in [-0.2, 0) is 10.0 Å². The van der Waals surface area contributed by atoms with Crippen LogP contribution in [0.4, 0.5) is 10.7 Å². The van der Waals surface area contributed by atoms with Crippen LogP contribution in [0.15, 0.2) is 29.2 Å². The van der Waals surface area contributed by atoms with Crippen molar-refractivity contribution >= 4 is 44.6 Å². The topological polar surface area (TPSA) is 125 Å². The molecule has 0 saturated heterocycles. The van der Waals surface area contributed by atoms with Crippen LogP contribution in [0, 0.1) is 10.5 Å². The van der Waals surface area contributed by atoms with Gasteiger partial charge in [0, 0.05) is 3.57 Å². The molecule has 1 aromatic heterocycles. The van der Waals surface area contributed by atoms with Gasteiger partial charge >= 0.3 is 57.4 Å². The van der Waals surface area contributed by atoms with Gasteiger partial charge in [-0.2, -0.15) is 9.97 Å². The van der Waals surface area contributed by atoms with Crippen LogP contribution < -0.4 is 61.4 Å². The summed E-state index contributed by atoms with van der Waals surface area (Å²) in [4.78, 5) is 23.2. The summed E-state index contributed by atoms with van der Waals surface area (Å²) in [5, 5.41) is 2.17. The minimum atomic E-state index is -4.13. The number of carbonyl (C=O) groups is 1. The van der Waals surface area contributed by atoms with E-state index in [0.29, 0.717) is 9.39 Å². The molecule has 24 heavy (non-hydrogen) atoms. The Bertz CT molecular complexity index is 849. The van der Waals surface area contributed by atoms with E-state index in [4.69, 9.17) is 4.74 Å². The average Bonchev–Trinajstić information content (AvgIpc) is 2.46. The van der Waals surface area contributed by atoms with Crippen molar-refractivity contribution in [1.29, 1.82) is 0 Å². The third-order valence-corrected chi connectivity index (χ3v) is 5.07. The molecule has 1 aromatic carbocycles. The second kappa shape index (κ2) is 9.35. The molecule has 0 fully saturated rings. The quantitative estimate of drug-likeness (QED) is 0.438. The van der Waals surface area contributed by atoms with Crippen molar-refractivity contribution in [3.8, 4) is 6.01 Å². The van der Waals surface area contributed by atoms with E-state index in [1.807, 2.05) is 22.6 Å². The number of nitrogens with one attached hydrogen (secondary N) is 1. The summed E-state index contributed by atoms with van der Waals surface area (Å²) >= 11 is 1.85. The second-order valence-electron chi connectivity index (χ2n) is 4.12. The number of ether oxygens (including phenoxy) is 1. The standard InChI is InChI=1S/C12H12IN5O4S.K/c1-7-14-10(17-12(15-7)22-2)16-11(19)18-23(20,21)9-6-4-3-5-8(9)13;/h3-6H,1-2H3,(H2,14,15,16,17,18,19);/q;+1/p-1. The van der Waals surface area contributed by atoms with Gasteiger partial charge in [-0.05, 0) is 41.6 Å². The van der Waals surface area contributed by atoms with E-state index in [1.54, 1.807) is 25.1 Å². The Morgan fingerprint density at radius 1 is 1.25 bits per heavy atom.